The third-order valence-corrected chi connectivity index (χ3v) is 8.05. The number of nitrogens with zero attached hydrogens (tertiary/aromatic N) is 2. The first kappa shape index (κ1) is 32.0. The van der Waals surface area contributed by atoms with E-state index in [1.165, 1.54) is 6.92 Å². The molecule has 2 N–H and O–H groups in total. The average molecular weight is 623 g/mol. The molecule has 0 spiro atoms. The highest BCUT2D eigenvalue weighted by Gasteiger charge is 2.48. The predicted molar refractivity (Wildman–Crippen MR) is 163 cm³/mol. The van der Waals surface area contributed by atoms with Crippen molar-refractivity contribution in [1.29, 1.82) is 5.26 Å². The molecule has 224 valence electrons. The molecule has 43 heavy (non-hydrogen) atoms. The topological polar surface area (TPSA) is 120 Å². The van der Waals surface area contributed by atoms with Crippen molar-refractivity contribution in [3.05, 3.63) is 105 Å². The van der Waals surface area contributed by atoms with Gasteiger partial charge in [-0.15, -0.1) is 0 Å². The van der Waals surface area contributed by atoms with E-state index >= 15 is 0 Å². The van der Waals surface area contributed by atoms with Gasteiger partial charge in [0.15, 0.2) is 0 Å². The smallest absolute Gasteiger partial charge is 0.308 e. The van der Waals surface area contributed by atoms with Crippen molar-refractivity contribution in [3.8, 4) is 6.07 Å². The molecule has 3 aromatic rings. The SMILES string of the molecule is CCC[C@@H](C(=O)NC[C@H](C)C(=O)O)N1C(=O)[C@@H](Cc2ccc(C#N)cc2)O[C@H](c2ccc(Cl)cc2)[C@@H]1c1ccc(Cl)cc1. The zero-order valence-electron chi connectivity index (χ0n) is 23.9. The summed E-state index contributed by atoms with van der Waals surface area (Å²) in [6.07, 6.45) is -0.460. The Morgan fingerprint density at radius 3 is 2.12 bits per heavy atom. The van der Waals surface area contributed by atoms with Gasteiger partial charge in [-0.1, -0.05) is 79.9 Å². The number of nitriles is 1. The van der Waals surface area contributed by atoms with E-state index in [1.807, 2.05) is 31.2 Å². The third-order valence-electron chi connectivity index (χ3n) is 7.55. The van der Waals surface area contributed by atoms with Crippen LogP contribution in [0.4, 0.5) is 0 Å². The van der Waals surface area contributed by atoms with Crippen LogP contribution in [0, 0.1) is 17.2 Å². The monoisotopic (exact) mass is 621 g/mol. The van der Waals surface area contributed by atoms with Crippen LogP contribution < -0.4 is 5.32 Å². The molecule has 1 fully saturated rings. The number of halogens is 2. The molecule has 5 atom stereocenters. The highest BCUT2D eigenvalue weighted by atomic mass is 35.5. The quantitative estimate of drug-likeness (QED) is 0.266. The van der Waals surface area contributed by atoms with Crippen LogP contribution in [0.25, 0.3) is 0 Å². The fourth-order valence-corrected chi connectivity index (χ4v) is 5.46. The van der Waals surface area contributed by atoms with E-state index in [2.05, 4.69) is 11.4 Å². The van der Waals surface area contributed by atoms with Crippen molar-refractivity contribution in [3.63, 3.8) is 0 Å². The highest BCUT2D eigenvalue weighted by Crippen LogP contribution is 2.44. The number of aliphatic carboxylic acids is 1. The molecule has 0 bridgehead atoms. The zero-order chi connectivity index (χ0) is 31.1. The van der Waals surface area contributed by atoms with Gasteiger partial charge in [0.25, 0.3) is 5.91 Å². The van der Waals surface area contributed by atoms with E-state index in [9.17, 15) is 24.8 Å². The van der Waals surface area contributed by atoms with Gasteiger partial charge in [0, 0.05) is 23.0 Å². The number of ether oxygens (including phenoxy) is 1. The van der Waals surface area contributed by atoms with E-state index < -0.39 is 42.1 Å². The Morgan fingerprint density at radius 1 is 1.00 bits per heavy atom. The maximum absolute atomic E-state index is 14.4. The van der Waals surface area contributed by atoms with E-state index in [-0.39, 0.29) is 18.9 Å². The van der Waals surface area contributed by atoms with Gasteiger partial charge in [-0.3, -0.25) is 14.4 Å². The van der Waals surface area contributed by atoms with Gasteiger partial charge in [-0.05, 0) is 59.5 Å². The molecule has 8 nitrogen and oxygen atoms in total. The molecule has 1 saturated heterocycles. The van der Waals surface area contributed by atoms with Crippen molar-refractivity contribution in [2.75, 3.05) is 6.54 Å². The number of carboxylic acid groups (broad SMARTS) is 1. The lowest BCUT2D eigenvalue weighted by molar-refractivity contribution is -0.181. The number of hydrogen-bond acceptors (Lipinski definition) is 5. The van der Waals surface area contributed by atoms with Gasteiger partial charge >= 0.3 is 5.97 Å². The molecule has 0 aliphatic carbocycles. The van der Waals surface area contributed by atoms with Gasteiger partial charge in [-0.25, -0.2) is 0 Å². The number of carbonyl (C=O) groups is 3. The molecule has 0 saturated carbocycles. The molecule has 0 radical (unpaired) electrons. The highest BCUT2D eigenvalue weighted by molar-refractivity contribution is 6.30. The van der Waals surface area contributed by atoms with Crippen molar-refractivity contribution >= 4 is 41.0 Å². The number of nitrogens with one attached hydrogen (secondary N) is 1. The Morgan fingerprint density at radius 2 is 1.58 bits per heavy atom. The van der Waals surface area contributed by atoms with Gasteiger partial charge < -0.3 is 20.1 Å². The summed E-state index contributed by atoms with van der Waals surface area (Å²) in [5, 5.41) is 22.4. The molecule has 0 aromatic heterocycles. The van der Waals surface area contributed by atoms with Crippen LogP contribution in [0.3, 0.4) is 0 Å². The summed E-state index contributed by atoms with van der Waals surface area (Å²) in [5.74, 6) is -2.63. The number of carbonyl (C=O) groups excluding carboxylic acids is 2. The summed E-state index contributed by atoms with van der Waals surface area (Å²) >= 11 is 12.4. The predicted octanol–water partition coefficient (Wildman–Crippen LogP) is 6.12. The van der Waals surface area contributed by atoms with Crippen LogP contribution in [0.5, 0.6) is 0 Å². The van der Waals surface area contributed by atoms with Crippen LogP contribution in [-0.4, -0.2) is 46.5 Å². The first-order chi connectivity index (χ1) is 20.6. The molecule has 0 unspecified atom stereocenters. The van der Waals surface area contributed by atoms with Crippen molar-refractivity contribution in [2.45, 2.75) is 57.4 Å². The molecular formula is C33H33Cl2N3O5. The second-order valence-corrected chi connectivity index (χ2v) is 11.5. The minimum Gasteiger partial charge on any atom is -0.481 e. The summed E-state index contributed by atoms with van der Waals surface area (Å²) in [4.78, 5) is 41.2. The summed E-state index contributed by atoms with van der Waals surface area (Å²) in [5.41, 5.74) is 2.78. The summed E-state index contributed by atoms with van der Waals surface area (Å²) in [7, 11) is 0. The Hall–Kier alpha value is -3.90. The normalized spacial score (nSPS) is 19.7. The van der Waals surface area contributed by atoms with Crippen molar-refractivity contribution in [2.24, 2.45) is 5.92 Å². The Balaban J connectivity index is 1.82. The van der Waals surface area contributed by atoms with E-state index in [1.54, 1.807) is 53.4 Å². The number of hydrogen-bond donors (Lipinski definition) is 2. The molecule has 2 amide bonds. The van der Waals surface area contributed by atoms with Crippen LogP contribution in [0.2, 0.25) is 10.0 Å². The Kier molecular flexibility index (Phi) is 10.8. The minimum atomic E-state index is -1.03. The molecule has 10 heteroatoms. The molecule has 3 aromatic carbocycles. The van der Waals surface area contributed by atoms with Crippen LogP contribution >= 0.6 is 23.2 Å². The summed E-state index contributed by atoms with van der Waals surface area (Å²) < 4.78 is 6.61. The van der Waals surface area contributed by atoms with Gasteiger partial charge in [0.1, 0.15) is 18.2 Å². The molecule has 4 rings (SSSR count). The van der Waals surface area contributed by atoms with Crippen molar-refractivity contribution in [1.82, 2.24) is 10.2 Å². The Labute approximate surface area is 261 Å². The maximum atomic E-state index is 14.4. The lowest BCUT2D eigenvalue weighted by Gasteiger charge is -2.47. The number of rotatable bonds is 11. The number of morpholine rings is 1. The standard InChI is InChI=1S/C33H33Cl2N3O5/c1-3-4-27(31(39)37-19-20(2)33(41)42)38-29(23-9-13-25(34)14-10-23)30(24-11-15-26(35)16-12-24)43-28(32(38)40)17-21-5-7-22(18-36)8-6-21/h5-16,20,27-30H,3-4,17,19H2,1-2H3,(H,37,39)(H,41,42)/t20-,27-,28+,29-,30+/m0/s1. The van der Waals surface area contributed by atoms with Crippen LogP contribution in [0.15, 0.2) is 72.8 Å². The van der Waals surface area contributed by atoms with E-state index in [4.69, 9.17) is 27.9 Å². The molecule has 1 aliphatic rings. The molecule has 1 heterocycles. The third kappa shape index (κ3) is 7.74. The summed E-state index contributed by atoms with van der Waals surface area (Å²) in [6, 6.07) is 21.7. The van der Waals surface area contributed by atoms with Crippen LogP contribution in [0.1, 0.15) is 61.1 Å². The average Bonchev–Trinajstić information content (AvgIpc) is 3.00. The molecular weight excluding hydrogens is 589 g/mol. The minimum absolute atomic E-state index is 0.0756. The van der Waals surface area contributed by atoms with Crippen LogP contribution in [-0.2, 0) is 25.5 Å². The summed E-state index contributed by atoms with van der Waals surface area (Å²) in [6.45, 7) is 3.36. The number of carboxylic acids is 1. The zero-order valence-corrected chi connectivity index (χ0v) is 25.4. The maximum Gasteiger partial charge on any atom is 0.308 e. The molecule has 1 aliphatic heterocycles. The second-order valence-electron chi connectivity index (χ2n) is 10.6. The number of benzene rings is 3. The second kappa shape index (κ2) is 14.5. The lowest BCUT2D eigenvalue weighted by atomic mass is 9.88. The van der Waals surface area contributed by atoms with E-state index in [0.29, 0.717) is 28.5 Å². The van der Waals surface area contributed by atoms with Gasteiger partial charge in [0.2, 0.25) is 5.91 Å². The van der Waals surface area contributed by atoms with Gasteiger partial charge in [0.05, 0.1) is 23.6 Å². The van der Waals surface area contributed by atoms with Gasteiger partial charge in [-0.2, -0.15) is 5.26 Å². The lowest BCUT2D eigenvalue weighted by Crippen LogP contribution is -2.59. The number of amides is 2. The Bertz CT molecular complexity index is 1470. The van der Waals surface area contributed by atoms with Crippen molar-refractivity contribution < 1.29 is 24.2 Å². The fourth-order valence-electron chi connectivity index (χ4n) is 5.21. The fraction of sp³-hybridized carbons (Fsp3) is 0.333. The largest absolute Gasteiger partial charge is 0.481 e. The van der Waals surface area contributed by atoms with E-state index in [0.717, 1.165) is 16.7 Å². The first-order valence-electron chi connectivity index (χ1n) is 14.1. The first-order valence-corrected chi connectivity index (χ1v) is 14.9.